The van der Waals surface area contributed by atoms with Crippen LogP contribution >= 0.6 is 0 Å². The van der Waals surface area contributed by atoms with Crippen molar-refractivity contribution in [2.24, 2.45) is 0 Å². The van der Waals surface area contributed by atoms with Crippen molar-refractivity contribution in [3.63, 3.8) is 0 Å². The number of aliphatic hydroxyl groups excluding tert-OH is 2. The quantitative estimate of drug-likeness (QED) is 0.712. The zero-order valence-corrected chi connectivity index (χ0v) is 9.85. The lowest BCUT2D eigenvalue weighted by Crippen LogP contribution is -2.23. The van der Waals surface area contributed by atoms with E-state index in [4.69, 9.17) is 4.74 Å². The van der Waals surface area contributed by atoms with Crippen LogP contribution in [0.25, 0.3) is 0 Å². The molecule has 0 amide bonds. The molecule has 1 saturated heterocycles. The highest BCUT2D eigenvalue weighted by molar-refractivity contribution is 4.76. The SMILES string of the molecule is CCC(O)CC(O)CC1CCC(CC)O1. The van der Waals surface area contributed by atoms with Gasteiger partial charge in [-0.05, 0) is 38.5 Å². The molecular weight excluding hydrogens is 192 g/mol. The zero-order chi connectivity index (χ0) is 11.3. The van der Waals surface area contributed by atoms with E-state index in [0.29, 0.717) is 25.4 Å². The standard InChI is InChI=1S/C12H24O3/c1-3-9(13)7-10(14)8-12-6-5-11(4-2)15-12/h9-14H,3-8H2,1-2H3. The second kappa shape index (κ2) is 6.46. The summed E-state index contributed by atoms with van der Waals surface area (Å²) in [5.41, 5.74) is 0. The molecule has 1 heterocycles. The van der Waals surface area contributed by atoms with Gasteiger partial charge < -0.3 is 14.9 Å². The van der Waals surface area contributed by atoms with E-state index in [1.807, 2.05) is 6.92 Å². The van der Waals surface area contributed by atoms with Gasteiger partial charge in [-0.2, -0.15) is 0 Å². The third-order valence-electron chi connectivity index (χ3n) is 3.20. The monoisotopic (exact) mass is 216 g/mol. The molecule has 15 heavy (non-hydrogen) atoms. The van der Waals surface area contributed by atoms with E-state index in [1.54, 1.807) is 0 Å². The molecule has 0 aromatic heterocycles. The Balaban J connectivity index is 2.18. The fraction of sp³-hybridized carbons (Fsp3) is 1.00. The summed E-state index contributed by atoms with van der Waals surface area (Å²) in [5.74, 6) is 0. The Labute approximate surface area is 92.4 Å². The average molecular weight is 216 g/mol. The van der Waals surface area contributed by atoms with Gasteiger partial charge in [0.05, 0.1) is 24.4 Å². The minimum atomic E-state index is -0.416. The second-order valence-electron chi connectivity index (χ2n) is 4.55. The van der Waals surface area contributed by atoms with E-state index in [2.05, 4.69) is 6.92 Å². The third kappa shape index (κ3) is 4.49. The molecule has 0 aromatic rings. The van der Waals surface area contributed by atoms with E-state index in [-0.39, 0.29) is 12.2 Å². The van der Waals surface area contributed by atoms with Crippen molar-refractivity contribution in [1.82, 2.24) is 0 Å². The number of hydrogen-bond acceptors (Lipinski definition) is 3. The zero-order valence-electron chi connectivity index (χ0n) is 9.85. The van der Waals surface area contributed by atoms with Crippen LogP contribution in [0.3, 0.4) is 0 Å². The first-order valence-corrected chi connectivity index (χ1v) is 6.17. The van der Waals surface area contributed by atoms with Gasteiger partial charge in [0.2, 0.25) is 0 Å². The lowest BCUT2D eigenvalue weighted by Gasteiger charge is -2.18. The van der Waals surface area contributed by atoms with Crippen molar-refractivity contribution < 1.29 is 14.9 Å². The minimum Gasteiger partial charge on any atom is -0.393 e. The highest BCUT2D eigenvalue weighted by atomic mass is 16.5. The summed E-state index contributed by atoms with van der Waals surface area (Å²) in [4.78, 5) is 0. The molecule has 4 atom stereocenters. The van der Waals surface area contributed by atoms with Crippen molar-refractivity contribution in [3.8, 4) is 0 Å². The van der Waals surface area contributed by atoms with Crippen molar-refractivity contribution in [2.75, 3.05) is 0 Å². The van der Waals surface area contributed by atoms with Crippen LogP contribution in [0.4, 0.5) is 0 Å². The summed E-state index contributed by atoms with van der Waals surface area (Å²) in [7, 11) is 0. The first kappa shape index (κ1) is 12.9. The Morgan fingerprint density at radius 2 is 1.80 bits per heavy atom. The molecule has 1 aliphatic rings. The van der Waals surface area contributed by atoms with Crippen LogP contribution in [-0.4, -0.2) is 34.6 Å². The summed E-state index contributed by atoms with van der Waals surface area (Å²) in [6.45, 7) is 4.06. The molecule has 4 unspecified atom stereocenters. The topological polar surface area (TPSA) is 49.7 Å². The lowest BCUT2D eigenvalue weighted by atomic mass is 10.0. The predicted octanol–water partition coefficient (Wildman–Crippen LogP) is 1.86. The Kier molecular flexibility index (Phi) is 5.58. The van der Waals surface area contributed by atoms with E-state index < -0.39 is 6.10 Å². The number of rotatable bonds is 6. The van der Waals surface area contributed by atoms with Crippen LogP contribution in [-0.2, 0) is 4.74 Å². The Morgan fingerprint density at radius 1 is 1.13 bits per heavy atom. The van der Waals surface area contributed by atoms with E-state index >= 15 is 0 Å². The van der Waals surface area contributed by atoms with Gasteiger partial charge in [-0.15, -0.1) is 0 Å². The van der Waals surface area contributed by atoms with Gasteiger partial charge in [0.15, 0.2) is 0 Å². The van der Waals surface area contributed by atoms with Gasteiger partial charge in [0.25, 0.3) is 0 Å². The smallest absolute Gasteiger partial charge is 0.0604 e. The fourth-order valence-corrected chi connectivity index (χ4v) is 2.13. The van der Waals surface area contributed by atoms with Crippen LogP contribution in [0, 0.1) is 0 Å². The largest absolute Gasteiger partial charge is 0.393 e. The first-order chi connectivity index (χ1) is 7.15. The van der Waals surface area contributed by atoms with Gasteiger partial charge in [0, 0.05) is 0 Å². The number of aliphatic hydroxyl groups is 2. The summed E-state index contributed by atoms with van der Waals surface area (Å²) in [6.07, 6.45) is 4.89. The van der Waals surface area contributed by atoms with Gasteiger partial charge >= 0.3 is 0 Å². The average Bonchev–Trinajstić information content (AvgIpc) is 2.65. The molecule has 3 nitrogen and oxygen atoms in total. The molecule has 0 radical (unpaired) electrons. The molecule has 0 spiro atoms. The molecule has 1 fully saturated rings. The summed E-state index contributed by atoms with van der Waals surface area (Å²) >= 11 is 0. The maximum atomic E-state index is 9.73. The van der Waals surface area contributed by atoms with Crippen molar-refractivity contribution in [3.05, 3.63) is 0 Å². The molecule has 0 saturated carbocycles. The molecular formula is C12H24O3. The predicted molar refractivity (Wildman–Crippen MR) is 59.7 cm³/mol. The van der Waals surface area contributed by atoms with E-state index in [9.17, 15) is 10.2 Å². The van der Waals surface area contributed by atoms with E-state index in [0.717, 1.165) is 19.3 Å². The van der Waals surface area contributed by atoms with Crippen LogP contribution < -0.4 is 0 Å². The molecule has 90 valence electrons. The molecule has 1 rings (SSSR count). The van der Waals surface area contributed by atoms with Crippen LogP contribution in [0.15, 0.2) is 0 Å². The molecule has 1 aliphatic heterocycles. The number of hydrogen-bond donors (Lipinski definition) is 2. The van der Waals surface area contributed by atoms with Gasteiger partial charge in [-0.25, -0.2) is 0 Å². The van der Waals surface area contributed by atoms with Crippen molar-refractivity contribution >= 4 is 0 Å². The molecule has 0 bridgehead atoms. The first-order valence-electron chi connectivity index (χ1n) is 6.17. The van der Waals surface area contributed by atoms with Crippen molar-refractivity contribution in [2.45, 2.75) is 76.8 Å². The highest BCUT2D eigenvalue weighted by Crippen LogP contribution is 2.25. The summed E-state index contributed by atoms with van der Waals surface area (Å²) in [5, 5.41) is 19.1. The second-order valence-corrected chi connectivity index (χ2v) is 4.55. The van der Waals surface area contributed by atoms with Crippen LogP contribution in [0.2, 0.25) is 0 Å². The lowest BCUT2D eigenvalue weighted by molar-refractivity contribution is -0.00210. The van der Waals surface area contributed by atoms with Crippen LogP contribution in [0.5, 0.6) is 0 Å². The fourth-order valence-electron chi connectivity index (χ4n) is 2.13. The van der Waals surface area contributed by atoms with Crippen LogP contribution in [0.1, 0.15) is 52.4 Å². The Bertz CT molecular complexity index is 172. The maximum Gasteiger partial charge on any atom is 0.0604 e. The van der Waals surface area contributed by atoms with Gasteiger partial charge in [-0.1, -0.05) is 13.8 Å². The molecule has 0 aliphatic carbocycles. The van der Waals surface area contributed by atoms with E-state index in [1.165, 1.54) is 0 Å². The minimum absolute atomic E-state index is 0.203. The summed E-state index contributed by atoms with van der Waals surface area (Å²) in [6, 6.07) is 0. The Hall–Kier alpha value is -0.120. The highest BCUT2D eigenvalue weighted by Gasteiger charge is 2.26. The molecule has 3 heteroatoms. The normalized spacial score (nSPS) is 30.4. The van der Waals surface area contributed by atoms with Crippen molar-refractivity contribution in [1.29, 1.82) is 0 Å². The molecule has 2 N–H and O–H groups in total. The molecule has 0 aromatic carbocycles. The maximum absolute atomic E-state index is 9.73. The third-order valence-corrected chi connectivity index (χ3v) is 3.20. The number of ether oxygens (including phenoxy) is 1. The van der Waals surface area contributed by atoms with Gasteiger partial charge in [0.1, 0.15) is 0 Å². The Morgan fingerprint density at radius 3 is 2.33 bits per heavy atom. The summed E-state index contributed by atoms with van der Waals surface area (Å²) < 4.78 is 5.75. The van der Waals surface area contributed by atoms with Gasteiger partial charge in [-0.3, -0.25) is 0 Å².